The molecule has 0 unspecified atom stereocenters. The summed E-state index contributed by atoms with van der Waals surface area (Å²) in [4.78, 5) is 8.59. The molecule has 0 amide bonds. The van der Waals surface area contributed by atoms with Gasteiger partial charge in [0, 0.05) is 32.5 Å². The zero-order valence-electron chi connectivity index (χ0n) is 17.8. The number of nitrogens with zero attached hydrogens (tertiary/aromatic N) is 4. The van der Waals surface area contributed by atoms with Crippen molar-refractivity contribution in [3.8, 4) is 23.5 Å². The number of hydrogen-bond donors (Lipinski definition) is 0. The molecule has 0 saturated heterocycles. The van der Waals surface area contributed by atoms with Gasteiger partial charge in [0.2, 0.25) is 12.4 Å². The van der Waals surface area contributed by atoms with Crippen molar-refractivity contribution in [2.75, 3.05) is 0 Å². The molecule has 6 aromatic rings. The predicted molar refractivity (Wildman–Crippen MR) is 131 cm³/mol. The Bertz CT molecular complexity index is 1930. The van der Waals surface area contributed by atoms with E-state index in [9.17, 15) is 10.5 Å². The van der Waals surface area contributed by atoms with Crippen LogP contribution in [0.2, 0.25) is 0 Å². The van der Waals surface area contributed by atoms with Crippen LogP contribution in [-0.4, -0.2) is 0 Å². The lowest BCUT2D eigenvalue weighted by Gasteiger charge is -2.11. The number of nitriles is 2. The second kappa shape index (κ2) is 7.12. The van der Waals surface area contributed by atoms with E-state index in [1.807, 2.05) is 67.0 Å². The summed E-state index contributed by atoms with van der Waals surface area (Å²) < 4.78 is 0. The van der Waals surface area contributed by atoms with Gasteiger partial charge in [-0.3, -0.25) is 0 Å². The lowest BCUT2D eigenvalue weighted by molar-refractivity contribution is 1.37. The standard InChI is InChI=1S/C29H16N4/c1-17-23-19-11-5-7-13-21(19)29(33-16-31)27(23)25(18-9-3-2-4-10-18)26-20-12-6-8-14-22(20)28(24(17)26)32-15-30/h2-14H,1H3. The molecule has 0 heterocycles. The molecule has 0 aromatic heterocycles. The van der Waals surface area contributed by atoms with Crippen molar-refractivity contribution in [3.63, 3.8) is 0 Å². The number of aryl methyl sites for hydroxylation is 1. The smallest absolute Gasteiger partial charge is 0.172 e. The normalized spacial score (nSPS) is 12.7. The van der Waals surface area contributed by atoms with Gasteiger partial charge in [0.05, 0.1) is 10.7 Å². The van der Waals surface area contributed by atoms with Crippen LogP contribution in [0.4, 0.5) is 0 Å². The lowest BCUT2D eigenvalue weighted by Crippen LogP contribution is -2.03. The Kier molecular flexibility index (Phi) is 4.09. The van der Waals surface area contributed by atoms with Crippen LogP contribution in [0.5, 0.6) is 0 Å². The quantitative estimate of drug-likeness (QED) is 0.310. The summed E-state index contributed by atoms with van der Waals surface area (Å²) >= 11 is 0. The third-order valence-corrected chi connectivity index (χ3v) is 6.51. The molecule has 0 aliphatic rings. The summed E-state index contributed by atoms with van der Waals surface area (Å²) in [6, 6.07) is 26.3. The molecule has 6 rings (SSSR count). The molecule has 0 atom stereocenters. The van der Waals surface area contributed by atoms with Gasteiger partial charge in [0.15, 0.2) is 0 Å². The van der Waals surface area contributed by atoms with Gasteiger partial charge in [-0.2, -0.15) is 20.5 Å². The molecular weight excluding hydrogens is 404 g/mol. The van der Waals surface area contributed by atoms with Crippen LogP contribution in [-0.2, 0) is 0 Å². The topological polar surface area (TPSA) is 72.3 Å². The molecular formula is C29H16N4. The number of benzene rings is 4. The predicted octanol–water partition coefficient (Wildman–Crippen LogP) is 5.91. The fourth-order valence-corrected chi connectivity index (χ4v) is 5.32. The molecule has 0 aliphatic carbocycles. The molecule has 0 saturated carbocycles. The van der Waals surface area contributed by atoms with E-state index in [1.54, 1.807) is 0 Å². The Morgan fingerprint density at radius 1 is 0.545 bits per heavy atom. The summed E-state index contributed by atoms with van der Waals surface area (Å²) in [6.45, 7) is 2.08. The Balaban J connectivity index is 2.10. The van der Waals surface area contributed by atoms with Crippen molar-refractivity contribution < 1.29 is 0 Å². The van der Waals surface area contributed by atoms with Gasteiger partial charge in [0.25, 0.3) is 0 Å². The SMILES string of the molecule is Cc1c2c(=NC#N)c3ccccc3c2c(-c2ccccc2)c2c(=NC#N)c3ccccc3c12. The van der Waals surface area contributed by atoms with Gasteiger partial charge in [0.1, 0.15) is 0 Å². The first-order valence-electron chi connectivity index (χ1n) is 10.7. The second-order valence-corrected chi connectivity index (χ2v) is 8.08. The highest BCUT2D eigenvalue weighted by Gasteiger charge is 2.23. The lowest BCUT2D eigenvalue weighted by atomic mass is 9.91. The summed E-state index contributed by atoms with van der Waals surface area (Å²) in [5, 5.41) is 28.5. The van der Waals surface area contributed by atoms with Gasteiger partial charge in [-0.1, -0.05) is 78.9 Å². The number of rotatable bonds is 1. The maximum absolute atomic E-state index is 9.58. The van der Waals surface area contributed by atoms with Crippen LogP contribution in [0.3, 0.4) is 0 Å². The monoisotopic (exact) mass is 420 g/mol. The van der Waals surface area contributed by atoms with Crippen LogP contribution in [0.25, 0.3) is 54.2 Å². The number of fused-ring (bicyclic) bond motifs is 6. The van der Waals surface area contributed by atoms with Crippen molar-refractivity contribution in [1.82, 2.24) is 0 Å². The Morgan fingerprint density at radius 3 is 1.61 bits per heavy atom. The fourth-order valence-electron chi connectivity index (χ4n) is 5.32. The summed E-state index contributed by atoms with van der Waals surface area (Å²) in [5.41, 5.74) is 3.10. The maximum Gasteiger partial charge on any atom is 0.206 e. The van der Waals surface area contributed by atoms with E-state index >= 15 is 0 Å². The third-order valence-electron chi connectivity index (χ3n) is 6.51. The van der Waals surface area contributed by atoms with E-state index in [1.165, 1.54) is 0 Å². The van der Waals surface area contributed by atoms with E-state index in [0.29, 0.717) is 10.7 Å². The third kappa shape index (κ3) is 2.50. The zero-order chi connectivity index (χ0) is 22.5. The van der Waals surface area contributed by atoms with Crippen molar-refractivity contribution in [1.29, 1.82) is 10.5 Å². The zero-order valence-corrected chi connectivity index (χ0v) is 17.8. The second-order valence-electron chi connectivity index (χ2n) is 8.08. The highest BCUT2D eigenvalue weighted by Crippen LogP contribution is 2.43. The van der Waals surface area contributed by atoms with Gasteiger partial charge < -0.3 is 0 Å². The molecule has 33 heavy (non-hydrogen) atoms. The van der Waals surface area contributed by atoms with Crippen molar-refractivity contribution in [3.05, 3.63) is 95.1 Å². The highest BCUT2D eigenvalue weighted by atomic mass is 14.7. The van der Waals surface area contributed by atoms with Gasteiger partial charge in [-0.05, 0) is 34.2 Å². The maximum atomic E-state index is 9.58. The minimum absolute atomic E-state index is 0.691. The molecule has 4 heteroatoms. The first-order chi connectivity index (χ1) is 16.3. The molecule has 0 spiro atoms. The average Bonchev–Trinajstić information content (AvgIpc) is 3.35. The summed E-state index contributed by atoms with van der Waals surface area (Å²) in [5.74, 6) is 0. The molecule has 0 aliphatic heterocycles. The van der Waals surface area contributed by atoms with Gasteiger partial charge >= 0.3 is 0 Å². The first-order valence-corrected chi connectivity index (χ1v) is 10.7. The molecule has 4 nitrogen and oxygen atoms in total. The summed E-state index contributed by atoms with van der Waals surface area (Å²) in [7, 11) is 0. The van der Waals surface area contributed by atoms with Crippen LogP contribution in [0.1, 0.15) is 5.56 Å². The van der Waals surface area contributed by atoms with Crippen molar-refractivity contribution in [2.24, 2.45) is 9.98 Å². The Labute approximate surface area is 189 Å². The molecule has 152 valence electrons. The van der Waals surface area contributed by atoms with Crippen LogP contribution >= 0.6 is 0 Å². The van der Waals surface area contributed by atoms with Gasteiger partial charge in [-0.15, -0.1) is 0 Å². The minimum Gasteiger partial charge on any atom is -0.172 e. The molecule has 0 radical (unpaired) electrons. The molecule has 0 bridgehead atoms. The largest absolute Gasteiger partial charge is 0.206 e. The van der Waals surface area contributed by atoms with Crippen molar-refractivity contribution >= 4 is 43.1 Å². The van der Waals surface area contributed by atoms with Crippen LogP contribution < -0.4 is 10.7 Å². The highest BCUT2D eigenvalue weighted by molar-refractivity contribution is 6.30. The number of hydrogen-bond acceptors (Lipinski definition) is 4. The first kappa shape index (κ1) is 18.9. The van der Waals surface area contributed by atoms with Gasteiger partial charge in [-0.25, -0.2) is 0 Å². The van der Waals surface area contributed by atoms with E-state index < -0.39 is 0 Å². The van der Waals surface area contributed by atoms with E-state index in [4.69, 9.17) is 0 Å². The van der Waals surface area contributed by atoms with Crippen LogP contribution in [0.15, 0.2) is 88.8 Å². The summed E-state index contributed by atoms with van der Waals surface area (Å²) in [6.07, 6.45) is 4.04. The van der Waals surface area contributed by atoms with E-state index in [0.717, 1.165) is 59.8 Å². The Hall–Kier alpha value is -4.80. The average molecular weight is 420 g/mol. The molecule has 0 fully saturated rings. The molecule has 6 aromatic carbocycles. The molecule has 0 N–H and O–H groups in total. The van der Waals surface area contributed by atoms with Crippen molar-refractivity contribution in [2.45, 2.75) is 6.92 Å². The fraction of sp³-hybridized carbons (Fsp3) is 0.0345. The van der Waals surface area contributed by atoms with E-state index in [-0.39, 0.29) is 0 Å². The van der Waals surface area contributed by atoms with E-state index in [2.05, 4.69) is 41.2 Å². The minimum atomic E-state index is 0.691. The van der Waals surface area contributed by atoms with Crippen LogP contribution in [0, 0.1) is 29.8 Å². The Morgan fingerprint density at radius 2 is 1.03 bits per heavy atom.